The second kappa shape index (κ2) is 9.06. The molecule has 6 nitrogen and oxygen atoms in total. The molecule has 0 aromatic heterocycles. The van der Waals surface area contributed by atoms with E-state index in [0.29, 0.717) is 0 Å². The summed E-state index contributed by atoms with van der Waals surface area (Å²) in [5.74, 6) is 0. The van der Waals surface area contributed by atoms with Crippen molar-refractivity contribution in [1.82, 2.24) is 11.0 Å². The van der Waals surface area contributed by atoms with Crippen LogP contribution in [-0.2, 0) is 0 Å². The molecule has 0 spiro atoms. The monoisotopic (exact) mass is 542 g/mol. The van der Waals surface area contributed by atoms with E-state index in [9.17, 15) is 0 Å². The van der Waals surface area contributed by atoms with Crippen LogP contribution in [0.15, 0.2) is 140 Å². The van der Waals surface area contributed by atoms with Gasteiger partial charge in [-0.25, -0.2) is 0 Å². The molecule has 200 valence electrons. The predicted octanol–water partition coefficient (Wildman–Crippen LogP) is 5.65. The minimum Gasteiger partial charge on any atom is -0.376 e. The molecule has 0 saturated carbocycles. The molecule has 0 bridgehead atoms. The second-order valence-electron chi connectivity index (χ2n) is 11.0. The molecule has 2 N–H and O–H groups in total. The fourth-order valence-corrected chi connectivity index (χ4v) is 6.83. The third-order valence-corrected chi connectivity index (χ3v) is 8.75. The van der Waals surface area contributed by atoms with Crippen molar-refractivity contribution in [1.29, 1.82) is 0 Å². The van der Waals surface area contributed by atoms with Crippen molar-refractivity contribution in [2.75, 3.05) is 26.3 Å². The lowest BCUT2D eigenvalue weighted by Crippen LogP contribution is -2.60. The quantitative estimate of drug-likeness (QED) is 0.287. The number of nitrogens with one attached hydrogen (secondary N) is 2. The van der Waals surface area contributed by atoms with Gasteiger partial charge >= 0.3 is 6.85 Å². The number of benzene rings is 5. The van der Waals surface area contributed by atoms with Crippen LogP contribution in [-0.4, -0.2) is 13.5 Å². The first-order valence-corrected chi connectivity index (χ1v) is 14.3. The summed E-state index contributed by atoms with van der Waals surface area (Å²) >= 11 is 0. The van der Waals surface area contributed by atoms with Gasteiger partial charge in [0.2, 0.25) is 0 Å². The molecule has 0 radical (unpaired) electrons. The topological polar surface area (TPSA) is 37.0 Å². The van der Waals surface area contributed by atoms with E-state index in [1.54, 1.807) is 0 Å². The second-order valence-corrected chi connectivity index (χ2v) is 11.0. The van der Waals surface area contributed by atoms with Crippen LogP contribution in [0.2, 0.25) is 0 Å². The lowest BCUT2D eigenvalue weighted by molar-refractivity contribution is 0.680. The van der Waals surface area contributed by atoms with Crippen LogP contribution in [0, 0.1) is 0 Å². The van der Waals surface area contributed by atoms with Crippen molar-refractivity contribution in [3.8, 4) is 22.3 Å². The van der Waals surface area contributed by atoms with Crippen molar-refractivity contribution in [3.63, 3.8) is 0 Å². The molecule has 7 heteroatoms. The number of hydrazine groups is 2. The zero-order valence-corrected chi connectivity index (χ0v) is 22.9. The zero-order chi connectivity index (χ0) is 27.6. The van der Waals surface area contributed by atoms with Crippen LogP contribution in [0.4, 0.5) is 28.4 Å². The summed E-state index contributed by atoms with van der Waals surface area (Å²) in [5, 5.41) is 2.02. The van der Waals surface area contributed by atoms with Gasteiger partial charge in [-0.1, -0.05) is 66.7 Å². The molecule has 4 aliphatic rings. The van der Waals surface area contributed by atoms with Gasteiger partial charge in [-0.3, -0.25) is 5.01 Å². The number of para-hydroxylation sites is 3. The van der Waals surface area contributed by atoms with Crippen LogP contribution >= 0.6 is 0 Å². The van der Waals surface area contributed by atoms with Crippen LogP contribution in [0.1, 0.15) is 0 Å². The standard InChI is InChI=1S/C35H27BN6/c1-2-8-25(9-3-1)39-20-21-40(24-39)26-14-16-28-30-10-4-6-12-34(30)42-35-13-7-5-11-31(35)29-17-15-27(41-19-18-37-38-41)23-33(29)36(42)32(28)22-26/h1-23,37-38H,24H2. The summed E-state index contributed by atoms with van der Waals surface area (Å²) in [7, 11) is 0. The molecule has 4 heterocycles. The van der Waals surface area contributed by atoms with Crippen LogP contribution < -0.4 is 41.5 Å². The number of fused-ring (bicyclic) bond motifs is 11. The fourth-order valence-electron chi connectivity index (χ4n) is 6.83. The van der Waals surface area contributed by atoms with Gasteiger partial charge in [-0.15, -0.1) is 5.53 Å². The molecule has 5 aromatic rings. The fraction of sp³-hybridized carbons (Fsp3) is 0.0286. The van der Waals surface area contributed by atoms with Crippen molar-refractivity contribution in [2.24, 2.45) is 0 Å². The lowest BCUT2D eigenvalue weighted by Gasteiger charge is -2.43. The van der Waals surface area contributed by atoms with Gasteiger partial charge in [0.15, 0.2) is 0 Å². The molecule has 0 unspecified atom stereocenters. The van der Waals surface area contributed by atoms with Gasteiger partial charge < -0.3 is 20.0 Å². The molecule has 0 amide bonds. The average molecular weight is 542 g/mol. The highest BCUT2D eigenvalue weighted by Crippen LogP contribution is 2.46. The van der Waals surface area contributed by atoms with Crippen LogP contribution in [0.5, 0.6) is 0 Å². The van der Waals surface area contributed by atoms with Gasteiger partial charge in [0.05, 0.1) is 12.4 Å². The smallest absolute Gasteiger partial charge is 0.329 e. The van der Waals surface area contributed by atoms with Crippen molar-refractivity contribution < 1.29 is 0 Å². The summed E-state index contributed by atoms with van der Waals surface area (Å²) in [4.78, 5) is 7.16. The van der Waals surface area contributed by atoms with Crippen molar-refractivity contribution in [2.45, 2.75) is 0 Å². The summed E-state index contributed by atoms with van der Waals surface area (Å²) in [5.41, 5.74) is 19.9. The first-order valence-electron chi connectivity index (χ1n) is 14.3. The molecule has 5 aromatic carbocycles. The number of rotatable bonds is 3. The molecule has 0 saturated heterocycles. The van der Waals surface area contributed by atoms with Crippen LogP contribution in [0.3, 0.4) is 0 Å². The maximum Gasteiger partial charge on any atom is 0.329 e. The number of hydrogen-bond donors (Lipinski definition) is 2. The molecule has 42 heavy (non-hydrogen) atoms. The Balaban J connectivity index is 1.22. The largest absolute Gasteiger partial charge is 0.376 e. The van der Waals surface area contributed by atoms with Crippen LogP contribution in [0.25, 0.3) is 22.3 Å². The minimum absolute atomic E-state index is 0.0241. The van der Waals surface area contributed by atoms with E-state index in [4.69, 9.17) is 0 Å². The molecule has 4 aliphatic heterocycles. The van der Waals surface area contributed by atoms with Gasteiger partial charge in [0, 0.05) is 58.7 Å². The number of hydrogen-bond acceptors (Lipinski definition) is 6. The Hall–Kier alpha value is -5.40. The number of anilines is 5. The first kappa shape index (κ1) is 23.3. The minimum atomic E-state index is 0.0241. The third-order valence-electron chi connectivity index (χ3n) is 8.75. The van der Waals surface area contributed by atoms with Gasteiger partial charge in [0.25, 0.3) is 0 Å². The Bertz CT molecular complexity index is 1920. The van der Waals surface area contributed by atoms with E-state index in [1.807, 2.05) is 17.4 Å². The Labute approximate surface area is 245 Å². The molecular weight excluding hydrogens is 515 g/mol. The summed E-state index contributed by atoms with van der Waals surface area (Å²) in [6.07, 6.45) is 8.27. The maximum absolute atomic E-state index is 3.21. The summed E-state index contributed by atoms with van der Waals surface area (Å²) in [6.45, 7) is 0.799. The van der Waals surface area contributed by atoms with E-state index >= 15 is 0 Å². The maximum atomic E-state index is 3.21. The Morgan fingerprint density at radius 1 is 0.524 bits per heavy atom. The van der Waals surface area contributed by atoms with E-state index in [1.165, 1.54) is 55.9 Å². The molecule has 9 rings (SSSR count). The van der Waals surface area contributed by atoms with Gasteiger partial charge in [-0.2, -0.15) is 0 Å². The van der Waals surface area contributed by atoms with E-state index in [-0.39, 0.29) is 6.85 Å². The zero-order valence-electron chi connectivity index (χ0n) is 22.9. The van der Waals surface area contributed by atoms with Crippen molar-refractivity contribution >= 4 is 46.2 Å². The molecule has 0 aliphatic carbocycles. The summed E-state index contributed by atoms with van der Waals surface area (Å²) in [6, 6.07) is 42.0. The summed E-state index contributed by atoms with van der Waals surface area (Å²) < 4.78 is 0. The highest BCUT2D eigenvalue weighted by atomic mass is 15.7. The van der Waals surface area contributed by atoms with E-state index in [0.717, 1.165) is 12.4 Å². The Morgan fingerprint density at radius 2 is 1.12 bits per heavy atom. The highest BCUT2D eigenvalue weighted by Gasteiger charge is 2.42. The first-order chi connectivity index (χ1) is 20.8. The predicted molar refractivity (Wildman–Crippen MR) is 174 cm³/mol. The van der Waals surface area contributed by atoms with Gasteiger partial charge in [-0.05, 0) is 70.6 Å². The van der Waals surface area contributed by atoms with Gasteiger partial charge in [0.1, 0.15) is 0 Å². The lowest BCUT2D eigenvalue weighted by atomic mass is 9.43. The molecule has 0 fully saturated rings. The Kier molecular flexibility index (Phi) is 5.03. The highest BCUT2D eigenvalue weighted by molar-refractivity contribution is 6.92. The van der Waals surface area contributed by atoms with Crippen molar-refractivity contribution in [3.05, 3.63) is 140 Å². The third kappa shape index (κ3) is 3.44. The molecule has 0 atom stereocenters. The Morgan fingerprint density at radius 3 is 1.79 bits per heavy atom. The normalized spacial score (nSPS) is 15.7. The van der Waals surface area contributed by atoms with E-state index in [2.05, 4.69) is 153 Å². The number of nitrogens with zero attached hydrogens (tertiary/aromatic N) is 4. The average Bonchev–Trinajstić information content (AvgIpc) is 3.78. The molecular formula is C35H27BN6. The SMILES string of the molecule is C1=CN(c2ccc3c(c2)B2c4cc(N5C=CN(c6ccccc6)C5)ccc4-c4ccccc4N2c2ccccc2-3)NN1. The van der Waals surface area contributed by atoms with E-state index < -0.39 is 0 Å².